The maximum atomic E-state index is 12.4. The fourth-order valence-corrected chi connectivity index (χ4v) is 8.51. The molecule has 0 aromatic rings. The summed E-state index contributed by atoms with van der Waals surface area (Å²) in [6, 6.07) is 0. The molecule has 4 fully saturated rings. The van der Waals surface area contributed by atoms with Gasteiger partial charge >= 0.3 is 0 Å². The largest absolute Gasteiger partial charge is 0.393 e. The number of hydrogen-bond acceptors (Lipinski definition) is 3. The van der Waals surface area contributed by atoms with Gasteiger partial charge in [-0.1, -0.05) is 32.6 Å². The van der Waals surface area contributed by atoms with E-state index in [9.17, 15) is 15.0 Å². The average molecular weight is 401 g/mol. The lowest BCUT2D eigenvalue weighted by Gasteiger charge is -2.64. The lowest BCUT2D eigenvalue weighted by Crippen LogP contribution is -2.59. The Morgan fingerprint density at radius 3 is 2.52 bits per heavy atom. The molecule has 0 amide bonds. The normalized spacial score (nSPS) is 49.8. The first-order chi connectivity index (χ1) is 13.7. The van der Waals surface area contributed by atoms with Gasteiger partial charge in [-0.2, -0.15) is 0 Å². The summed E-state index contributed by atoms with van der Waals surface area (Å²) in [7, 11) is 0. The van der Waals surface area contributed by atoms with Gasteiger partial charge in [0.1, 0.15) is 11.9 Å². The molecular formula is C26H40O3. The standard InChI is InChI=1S/C26H40O3/c1-5-18(28)9-14-26-15-10-20-22-7-6-21(17(2)27)24(22,3)12-11-23(20)25(26,4)13-8-19(29)16-26/h18-23,28-29H,5-8,10-13,15-16H2,1-4H3/t18?,19-,20-,21+,22-,23-,24+,25+,26+/m0/s1. The second-order valence-electron chi connectivity index (χ2n) is 11.3. The summed E-state index contributed by atoms with van der Waals surface area (Å²) in [5.74, 6) is 9.35. The Morgan fingerprint density at radius 1 is 1.07 bits per heavy atom. The van der Waals surface area contributed by atoms with Crippen molar-refractivity contribution >= 4 is 5.78 Å². The van der Waals surface area contributed by atoms with Crippen molar-refractivity contribution in [1.82, 2.24) is 0 Å². The number of rotatable bonds is 2. The number of fused-ring (bicyclic) bond motifs is 5. The summed E-state index contributed by atoms with van der Waals surface area (Å²) in [4.78, 5) is 12.4. The lowest BCUT2D eigenvalue weighted by molar-refractivity contribution is -0.156. The van der Waals surface area contributed by atoms with Crippen LogP contribution in [-0.4, -0.2) is 28.2 Å². The molecular weight excluding hydrogens is 360 g/mol. The van der Waals surface area contributed by atoms with Crippen molar-refractivity contribution in [3.63, 3.8) is 0 Å². The molecule has 4 aliphatic rings. The Morgan fingerprint density at radius 2 is 1.83 bits per heavy atom. The van der Waals surface area contributed by atoms with E-state index in [1.54, 1.807) is 6.92 Å². The second kappa shape index (κ2) is 7.38. The molecule has 4 aliphatic carbocycles. The lowest BCUT2D eigenvalue weighted by atomic mass is 9.40. The number of aliphatic hydroxyl groups excluding tert-OH is 2. The summed E-state index contributed by atoms with van der Waals surface area (Å²) < 4.78 is 0. The number of Topliss-reactive ketones (excluding diaryl/α,β-unsaturated/α-hetero) is 1. The fraction of sp³-hybridized carbons (Fsp3) is 0.885. The van der Waals surface area contributed by atoms with E-state index in [1.165, 1.54) is 12.8 Å². The van der Waals surface area contributed by atoms with Crippen LogP contribution in [0.15, 0.2) is 0 Å². The van der Waals surface area contributed by atoms with E-state index in [1.807, 2.05) is 6.92 Å². The third-order valence-corrected chi connectivity index (χ3v) is 10.2. The number of carbonyl (C=O) groups excluding carboxylic acids is 1. The minimum atomic E-state index is -0.564. The number of carbonyl (C=O) groups is 1. The van der Waals surface area contributed by atoms with Crippen molar-refractivity contribution < 1.29 is 15.0 Å². The van der Waals surface area contributed by atoms with Crippen LogP contribution in [0.5, 0.6) is 0 Å². The molecule has 2 N–H and O–H groups in total. The number of aliphatic hydroxyl groups is 2. The van der Waals surface area contributed by atoms with E-state index in [2.05, 4.69) is 25.7 Å². The molecule has 0 heterocycles. The van der Waals surface area contributed by atoms with Gasteiger partial charge in [-0.15, -0.1) is 0 Å². The Hall–Kier alpha value is -0.850. The Labute approximate surface area is 177 Å². The van der Waals surface area contributed by atoms with Crippen molar-refractivity contribution in [3.8, 4) is 11.8 Å². The van der Waals surface area contributed by atoms with Crippen molar-refractivity contribution in [3.05, 3.63) is 0 Å². The first kappa shape index (κ1) is 21.4. The van der Waals surface area contributed by atoms with Crippen molar-refractivity contribution in [2.75, 3.05) is 0 Å². The van der Waals surface area contributed by atoms with Crippen molar-refractivity contribution in [2.24, 2.45) is 39.9 Å². The average Bonchev–Trinajstić information content (AvgIpc) is 3.04. The molecule has 0 aromatic carbocycles. The highest BCUT2D eigenvalue weighted by Crippen LogP contribution is 2.70. The van der Waals surface area contributed by atoms with Gasteiger partial charge in [0.05, 0.1) is 6.10 Å². The molecule has 29 heavy (non-hydrogen) atoms. The molecule has 9 atom stereocenters. The molecule has 0 bridgehead atoms. The van der Waals surface area contributed by atoms with E-state index >= 15 is 0 Å². The predicted molar refractivity (Wildman–Crippen MR) is 115 cm³/mol. The molecule has 3 nitrogen and oxygen atoms in total. The van der Waals surface area contributed by atoms with Crippen LogP contribution in [0, 0.1) is 51.8 Å². The van der Waals surface area contributed by atoms with Crippen LogP contribution in [0.4, 0.5) is 0 Å². The highest BCUT2D eigenvalue weighted by atomic mass is 16.3. The maximum absolute atomic E-state index is 12.4. The van der Waals surface area contributed by atoms with E-state index in [-0.39, 0.29) is 28.3 Å². The van der Waals surface area contributed by atoms with Crippen molar-refractivity contribution in [2.45, 2.75) is 104 Å². The third kappa shape index (κ3) is 3.12. The predicted octanol–water partition coefficient (Wildman–Crippen LogP) is 4.74. The zero-order chi connectivity index (χ0) is 21.0. The smallest absolute Gasteiger partial charge is 0.133 e. The first-order valence-electron chi connectivity index (χ1n) is 12.1. The zero-order valence-electron chi connectivity index (χ0n) is 18.8. The van der Waals surface area contributed by atoms with Gasteiger partial charge in [0.25, 0.3) is 0 Å². The van der Waals surface area contributed by atoms with Crippen molar-refractivity contribution in [1.29, 1.82) is 0 Å². The molecule has 0 aliphatic heterocycles. The quantitative estimate of drug-likeness (QED) is 0.658. The van der Waals surface area contributed by atoms with Gasteiger partial charge in [0.15, 0.2) is 0 Å². The molecule has 3 heteroatoms. The minimum Gasteiger partial charge on any atom is -0.393 e. The van der Waals surface area contributed by atoms with Gasteiger partial charge in [-0.05, 0) is 99.7 Å². The third-order valence-electron chi connectivity index (χ3n) is 10.2. The van der Waals surface area contributed by atoms with E-state index in [0.717, 1.165) is 44.9 Å². The summed E-state index contributed by atoms with van der Waals surface area (Å²) >= 11 is 0. The molecule has 4 rings (SSSR count). The Kier molecular flexibility index (Phi) is 5.44. The molecule has 162 valence electrons. The summed E-state index contributed by atoms with van der Waals surface area (Å²) in [6.07, 6.45) is 9.30. The SMILES string of the molecule is CCC(O)C#C[C@]12CC[C@H]3[C@@H]4CC[C@H](C(C)=O)[C@@]4(C)CC[C@@H]3[C@@]1(C)CC[C@H](O)C2. The highest BCUT2D eigenvalue weighted by Gasteiger charge is 2.64. The topological polar surface area (TPSA) is 57.5 Å². The Bertz CT molecular complexity index is 719. The van der Waals surface area contributed by atoms with Crippen LogP contribution in [0.2, 0.25) is 0 Å². The second-order valence-corrected chi connectivity index (χ2v) is 11.3. The van der Waals surface area contributed by atoms with E-state index < -0.39 is 6.10 Å². The monoisotopic (exact) mass is 400 g/mol. The maximum Gasteiger partial charge on any atom is 0.133 e. The minimum absolute atomic E-state index is 0.102. The van der Waals surface area contributed by atoms with Crippen LogP contribution in [0.3, 0.4) is 0 Å². The van der Waals surface area contributed by atoms with Gasteiger partial charge in [-0.3, -0.25) is 4.79 Å². The zero-order valence-corrected chi connectivity index (χ0v) is 18.8. The van der Waals surface area contributed by atoms with E-state index in [4.69, 9.17) is 0 Å². The molecule has 0 saturated heterocycles. The molecule has 4 saturated carbocycles. The van der Waals surface area contributed by atoms with Crippen LogP contribution in [0.1, 0.15) is 91.9 Å². The molecule has 1 unspecified atom stereocenters. The highest BCUT2D eigenvalue weighted by molar-refractivity contribution is 5.79. The van der Waals surface area contributed by atoms with Crippen LogP contribution in [-0.2, 0) is 4.79 Å². The summed E-state index contributed by atoms with van der Waals surface area (Å²) in [6.45, 7) is 8.62. The van der Waals surface area contributed by atoms with Gasteiger partial charge in [0.2, 0.25) is 0 Å². The summed E-state index contributed by atoms with van der Waals surface area (Å²) in [5, 5.41) is 20.7. The Balaban J connectivity index is 1.68. The molecule has 0 spiro atoms. The van der Waals surface area contributed by atoms with Crippen LogP contribution in [0.25, 0.3) is 0 Å². The summed E-state index contributed by atoms with van der Waals surface area (Å²) in [5.41, 5.74) is 0.112. The van der Waals surface area contributed by atoms with Gasteiger partial charge < -0.3 is 10.2 Å². The van der Waals surface area contributed by atoms with Gasteiger partial charge in [0, 0.05) is 11.3 Å². The fourth-order valence-electron chi connectivity index (χ4n) is 8.51. The van der Waals surface area contributed by atoms with Crippen LogP contribution < -0.4 is 0 Å². The number of hydrogen-bond donors (Lipinski definition) is 2. The van der Waals surface area contributed by atoms with Crippen LogP contribution >= 0.6 is 0 Å². The first-order valence-corrected chi connectivity index (χ1v) is 12.1. The molecule has 0 radical (unpaired) electrons. The number of ketones is 1. The molecule has 0 aromatic heterocycles. The van der Waals surface area contributed by atoms with Gasteiger partial charge in [-0.25, -0.2) is 0 Å². The van der Waals surface area contributed by atoms with E-state index in [0.29, 0.717) is 30.0 Å².